The van der Waals surface area contributed by atoms with Crippen LogP contribution in [0.2, 0.25) is 0 Å². The third-order valence-electron chi connectivity index (χ3n) is 2.23. The molecule has 1 aromatic heterocycles. The summed E-state index contributed by atoms with van der Waals surface area (Å²) in [5, 5.41) is 12.9. The van der Waals surface area contributed by atoms with Gasteiger partial charge in [-0.1, -0.05) is 17.7 Å². The van der Waals surface area contributed by atoms with Crippen LogP contribution in [-0.4, -0.2) is 20.9 Å². The van der Waals surface area contributed by atoms with Gasteiger partial charge in [-0.05, 0) is 19.1 Å². The van der Waals surface area contributed by atoms with E-state index in [2.05, 4.69) is 5.10 Å². The molecule has 0 spiro atoms. The van der Waals surface area contributed by atoms with Crippen molar-refractivity contribution in [2.45, 2.75) is 6.92 Å². The number of nitrogens with two attached hydrogens (primary N) is 1. The van der Waals surface area contributed by atoms with Crippen molar-refractivity contribution in [2.75, 3.05) is 5.73 Å². The zero-order valence-electron chi connectivity index (χ0n) is 8.71. The molecule has 0 saturated carbocycles. The van der Waals surface area contributed by atoms with Gasteiger partial charge in [0.05, 0.1) is 5.69 Å². The Bertz CT molecular complexity index is 529. The van der Waals surface area contributed by atoms with E-state index in [9.17, 15) is 4.79 Å². The van der Waals surface area contributed by atoms with Gasteiger partial charge in [0.25, 0.3) is 0 Å². The number of carbonyl (C=O) groups is 1. The molecule has 5 nitrogen and oxygen atoms in total. The summed E-state index contributed by atoms with van der Waals surface area (Å²) >= 11 is 0. The minimum Gasteiger partial charge on any atom is -0.477 e. The van der Waals surface area contributed by atoms with Crippen LogP contribution in [0.25, 0.3) is 5.69 Å². The van der Waals surface area contributed by atoms with Gasteiger partial charge in [0.1, 0.15) is 5.82 Å². The van der Waals surface area contributed by atoms with Gasteiger partial charge in [0.15, 0.2) is 5.69 Å². The van der Waals surface area contributed by atoms with E-state index in [1.54, 1.807) is 12.1 Å². The highest BCUT2D eigenvalue weighted by Crippen LogP contribution is 2.14. The van der Waals surface area contributed by atoms with Crippen molar-refractivity contribution in [3.05, 3.63) is 41.6 Å². The summed E-state index contributed by atoms with van der Waals surface area (Å²) in [5.41, 5.74) is 7.32. The fourth-order valence-corrected chi connectivity index (χ4v) is 1.43. The van der Waals surface area contributed by atoms with Gasteiger partial charge in [-0.2, -0.15) is 0 Å². The number of aryl methyl sites for hydroxylation is 1. The normalized spacial score (nSPS) is 10.3. The molecule has 0 bridgehead atoms. The molecular weight excluding hydrogens is 206 g/mol. The summed E-state index contributed by atoms with van der Waals surface area (Å²) < 4.78 is 1.32. The van der Waals surface area contributed by atoms with Crippen LogP contribution in [0.1, 0.15) is 16.1 Å². The van der Waals surface area contributed by atoms with E-state index >= 15 is 0 Å². The molecule has 0 amide bonds. The Balaban J connectivity index is 2.55. The second-order valence-corrected chi connectivity index (χ2v) is 3.51. The number of hydrogen-bond acceptors (Lipinski definition) is 3. The number of benzene rings is 1. The Morgan fingerprint density at radius 3 is 2.56 bits per heavy atom. The first-order valence-corrected chi connectivity index (χ1v) is 4.74. The van der Waals surface area contributed by atoms with Crippen LogP contribution < -0.4 is 5.73 Å². The Morgan fingerprint density at radius 2 is 2.00 bits per heavy atom. The van der Waals surface area contributed by atoms with Crippen molar-refractivity contribution in [3.63, 3.8) is 0 Å². The highest BCUT2D eigenvalue weighted by molar-refractivity contribution is 5.87. The van der Waals surface area contributed by atoms with Crippen LogP contribution in [0.5, 0.6) is 0 Å². The van der Waals surface area contributed by atoms with Gasteiger partial charge in [-0.25, -0.2) is 9.48 Å². The Hall–Kier alpha value is -2.30. The smallest absolute Gasteiger partial charge is 0.354 e. The fraction of sp³-hybridized carbons (Fsp3) is 0.0909. The number of nitrogens with zero attached hydrogens (tertiary/aromatic N) is 2. The first-order valence-electron chi connectivity index (χ1n) is 4.74. The minimum atomic E-state index is -1.05. The molecule has 0 aliphatic heterocycles. The molecule has 1 heterocycles. The van der Waals surface area contributed by atoms with Crippen molar-refractivity contribution in [1.82, 2.24) is 9.78 Å². The predicted octanol–water partition coefficient (Wildman–Crippen LogP) is 1.46. The number of nitrogen functional groups attached to an aromatic ring is 1. The summed E-state index contributed by atoms with van der Waals surface area (Å²) in [6.07, 6.45) is 0. The van der Waals surface area contributed by atoms with Crippen LogP contribution in [0, 0.1) is 6.92 Å². The molecular formula is C11H11N3O2. The van der Waals surface area contributed by atoms with Crippen molar-refractivity contribution in [3.8, 4) is 5.69 Å². The maximum atomic E-state index is 11.0. The molecule has 0 unspecified atom stereocenters. The van der Waals surface area contributed by atoms with Gasteiger partial charge in [-0.3, -0.25) is 0 Å². The van der Waals surface area contributed by atoms with E-state index in [-0.39, 0.29) is 11.5 Å². The van der Waals surface area contributed by atoms with E-state index < -0.39 is 5.97 Å². The standard InChI is InChI=1S/C11H11N3O2/c1-7-2-4-8(5-3-7)14-9(11(15)16)6-10(12)13-14/h2-6H,1H3,(H2,12,13)(H,15,16). The van der Waals surface area contributed by atoms with Gasteiger partial charge >= 0.3 is 5.97 Å². The molecule has 0 aliphatic rings. The molecule has 2 aromatic rings. The number of rotatable bonds is 2. The molecule has 0 radical (unpaired) electrons. The summed E-state index contributed by atoms with van der Waals surface area (Å²) in [5.74, 6) is -0.859. The van der Waals surface area contributed by atoms with Crippen LogP contribution in [0.15, 0.2) is 30.3 Å². The van der Waals surface area contributed by atoms with Crippen LogP contribution >= 0.6 is 0 Å². The van der Waals surface area contributed by atoms with Gasteiger partial charge < -0.3 is 10.8 Å². The van der Waals surface area contributed by atoms with Gasteiger partial charge in [-0.15, -0.1) is 5.10 Å². The Kier molecular flexibility index (Phi) is 2.36. The molecule has 0 saturated heterocycles. The minimum absolute atomic E-state index is 0.0568. The zero-order chi connectivity index (χ0) is 11.7. The second-order valence-electron chi connectivity index (χ2n) is 3.51. The van der Waals surface area contributed by atoms with E-state index in [4.69, 9.17) is 10.8 Å². The maximum Gasteiger partial charge on any atom is 0.354 e. The zero-order valence-corrected chi connectivity index (χ0v) is 8.71. The molecule has 0 fully saturated rings. The molecule has 0 atom stereocenters. The lowest BCUT2D eigenvalue weighted by molar-refractivity contribution is 0.0687. The van der Waals surface area contributed by atoms with Gasteiger partial charge in [0, 0.05) is 6.07 Å². The van der Waals surface area contributed by atoms with E-state index in [1.807, 2.05) is 19.1 Å². The topological polar surface area (TPSA) is 81.1 Å². The summed E-state index contributed by atoms with van der Waals surface area (Å²) in [4.78, 5) is 11.0. The SMILES string of the molecule is Cc1ccc(-n2nc(N)cc2C(=O)O)cc1. The third-order valence-corrected chi connectivity index (χ3v) is 2.23. The molecule has 5 heteroatoms. The van der Waals surface area contributed by atoms with E-state index in [0.717, 1.165) is 5.56 Å². The molecule has 82 valence electrons. The number of carboxylic acids is 1. The fourth-order valence-electron chi connectivity index (χ4n) is 1.43. The first kappa shape index (κ1) is 10.2. The monoisotopic (exact) mass is 217 g/mol. The lowest BCUT2D eigenvalue weighted by atomic mass is 10.2. The van der Waals surface area contributed by atoms with Crippen LogP contribution in [0.3, 0.4) is 0 Å². The number of hydrogen-bond donors (Lipinski definition) is 2. The first-order chi connectivity index (χ1) is 7.58. The Labute approximate surface area is 92.1 Å². The number of aromatic carboxylic acids is 1. The van der Waals surface area contributed by atoms with E-state index in [1.165, 1.54) is 10.7 Å². The molecule has 0 aliphatic carbocycles. The number of carboxylic acid groups (broad SMARTS) is 1. The average molecular weight is 217 g/mol. The van der Waals surface area contributed by atoms with Crippen LogP contribution in [-0.2, 0) is 0 Å². The average Bonchev–Trinajstić information content (AvgIpc) is 2.61. The highest BCUT2D eigenvalue weighted by Gasteiger charge is 2.13. The summed E-state index contributed by atoms with van der Waals surface area (Å²) in [6.45, 7) is 1.96. The molecule has 3 N–H and O–H groups in total. The number of aromatic nitrogens is 2. The lowest BCUT2D eigenvalue weighted by Gasteiger charge is -2.04. The molecule has 1 aromatic carbocycles. The maximum absolute atomic E-state index is 11.0. The molecule has 2 rings (SSSR count). The van der Waals surface area contributed by atoms with Crippen molar-refractivity contribution >= 4 is 11.8 Å². The van der Waals surface area contributed by atoms with Crippen LogP contribution in [0.4, 0.5) is 5.82 Å². The summed E-state index contributed by atoms with van der Waals surface area (Å²) in [7, 11) is 0. The van der Waals surface area contributed by atoms with Crippen molar-refractivity contribution in [2.24, 2.45) is 0 Å². The van der Waals surface area contributed by atoms with Gasteiger partial charge in [0.2, 0.25) is 0 Å². The lowest BCUT2D eigenvalue weighted by Crippen LogP contribution is -2.07. The largest absolute Gasteiger partial charge is 0.477 e. The van der Waals surface area contributed by atoms with E-state index in [0.29, 0.717) is 5.69 Å². The highest BCUT2D eigenvalue weighted by atomic mass is 16.4. The van der Waals surface area contributed by atoms with Crippen molar-refractivity contribution < 1.29 is 9.90 Å². The quantitative estimate of drug-likeness (QED) is 0.797. The predicted molar refractivity (Wildman–Crippen MR) is 59.7 cm³/mol. The van der Waals surface area contributed by atoms with Crippen molar-refractivity contribution in [1.29, 1.82) is 0 Å². The Morgan fingerprint density at radius 1 is 1.38 bits per heavy atom. The molecule has 16 heavy (non-hydrogen) atoms. The third kappa shape index (κ3) is 1.75. The summed E-state index contributed by atoms with van der Waals surface area (Å²) in [6, 6.07) is 8.71. The second kappa shape index (κ2) is 3.69. The number of anilines is 1.